The molecule has 5 nitrogen and oxygen atoms in total. The smallest absolute Gasteiger partial charge is 0.235 e. The van der Waals surface area contributed by atoms with Crippen molar-refractivity contribution in [3.63, 3.8) is 0 Å². The topological polar surface area (TPSA) is 58.4 Å². The first-order chi connectivity index (χ1) is 11.8. The van der Waals surface area contributed by atoms with E-state index in [0.29, 0.717) is 13.1 Å². The van der Waals surface area contributed by atoms with Gasteiger partial charge in [0, 0.05) is 24.5 Å². The quantitative estimate of drug-likeness (QED) is 0.803. The molecule has 0 radical (unpaired) electrons. The molecule has 4 rings (SSSR count). The summed E-state index contributed by atoms with van der Waals surface area (Å²) in [6.07, 6.45) is 3.24. The van der Waals surface area contributed by atoms with Crippen molar-refractivity contribution in [3.8, 4) is 11.3 Å². The highest BCUT2D eigenvalue weighted by Gasteiger charge is 2.33. The van der Waals surface area contributed by atoms with Crippen molar-refractivity contribution in [2.24, 2.45) is 0 Å². The van der Waals surface area contributed by atoms with Crippen LogP contribution in [0.5, 0.6) is 0 Å². The molecule has 1 aromatic carbocycles. The molecule has 1 aliphatic heterocycles. The van der Waals surface area contributed by atoms with Gasteiger partial charge in [0.15, 0.2) is 0 Å². The van der Waals surface area contributed by atoms with Crippen LogP contribution in [0.1, 0.15) is 17.5 Å². The van der Waals surface area contributed by atoms with Crippen LogP contribution in [-0.4, -0.2) is 22.3 Å². The standard InChI is InChI=1S/C19H17N3O2/c23-18-13-22(12-14-5-2-1-3-6-14)19(21-18)17-9-8-16(24-17)15-7-4-10-20-11-15/h1-11,19H,12-13H2,(H,21,23). The van der Waals surface area contributed by atoms with Gasteiger partial charge in [-0.05, 0) is 29.8 Å². The zero-order valence-corrected chi connectivity index (χ0v) is 13.1. The van der Waals surface area contributed by atoms with E-state index in [4.69, 9.17) is 4.42 Å². The maximum atomic E-state index is 11.9. The molecule has 1 atom stereocenters. The highest BCUT2D eigenvalue weighted by atomic mass is 16.3. The van der Waals surface area contributed by atoms with Crippen LogP contribution in [0.15, 0.2) is 71.4 Å². The number of hydrogen-bond donors (Lipinski definition) is 1. The lowest BCUT2D eigenvalue weighted by molar-refractivity contribution is -0.118. The van der Waals surface area contributed by atoms with Crippen LogP contribution < -0.4 is 5.32 Å². The predicted molar refractivity (Wildman–Crippen MR) is 89.7 cm³/mol. The second-order valence-corrected chi connectivity index (χ2v) is 5.80. The number of carbonyl (C=O) groups is 1. The van der Waals surface area contributed by atoms with Crippen molar-refractivity contribution in [2.75, 3.05) is 6.54 Å². The van der Waals surface area contributed by atoms with Crippen molar-refractivity contribution < 1.29 is 9.21 Å². The van der Waals surface area contributed by atoms with E-state index in [9.17, 15) is 4.79 Å². The summed E-state index contributed by atoms with van der Waals surface area (Å²) in [7, 11) is 0. The van der Waals surface area contributed by atoms with Crippen LogP contribution in [0.25, 0.3) is 11.3 Å². The van der Waals surface area contributed by atoms with Gasteiger partial charge in [0.2, 0.25) is 5.91 Å². The molecule has 3 aromatic rings. The van der Waals surface area contributed by atoms with Crippen molar-refractivity contribution in [3.05, 3.63) is 78.3 Å². The molecular formula is C19H17N3O2. The van der Waals surface area contributed by atoms with Gasteiger partial charge >= 0.3 is 0 Å². The average molecular weight is 319 g/mol. The Labute approximate surface area is 139 Å². The Morgan fingerprint density at radius 3 is 2.79 bits per heavy atom. The fourth-order valence-corrected chi connectivity index (χ4v) is 2.94. The van der Waals surface area contributed by atoms with Crippen molar-refractivity contribution in [1.29, 1.82) is 0 Å². The van der Waals surface area contributed by atoms with Crippen molar-refractivity contribution in [1.82, 2.24) is 15.2 Å². The molecule has 1 aliphatic rings. The van der Waals surface area contributed by atoms with E-state index in [-0.39, 0.29) is 12.1 Å². The van der Waals surface area contributed by atoms with Gasteiger partial charge in [-0.2, -0.15) is 0 Å². The molecule has 0 bridgehead atoms. The number of hydrogen-bond acceptors (Lipinski definition) is 4. The van der Waals surface area contributed by atoms with Gasteiger partial charge in [-0.15, -0.1) is 0 Å². The summed E-state index contributed by atoms with van der Waals surface area (Å²) < 4.78 is 5.97. The highest BCUT2D eigenvalue weighted by molar-refractivity contribution is 5.80. The second kappa shape index (κ2) is 6.29. The summed E-state index contributed by atoms with van der Waals surface area (Å²) in [6, 6.07) is 17.8. The normalized spacial score (nSPS) is 17.8. The maximum absolute atomic E-state index is 11.9. The van der Waals surface area contributed by atoms with Crippen molar-refractivity contribution >= 4 is 5.91 Å². The van der Waals surface area contributed by atoms with Gasteiger partial charge in [0.25, 0.3) is 0 Å². The zero-order chi connectivity index (χ0) is 16.4. The number of benzene rings is 1. The van der Waals surface area contributed by atoms with E-state index in [0.717, 1.165) is 22.6 Å². The van der Waals surface area contributed by atoms with Gasteiger partial charge in [0.05, 0.1) is 6.54 Å². The summed E-state index contributed by atoms with van der Waals surface area (Å²) in [6.45, 7) is 1.05. The molecule has 120 valence electrons. The van der Waals surface area contributed by atoms with Crippen LogP contribution in [-0.2, 0) is 11.3 Å². The molecule has 0 aliphatic carbocycles. The first kappa shape index (κ1) is 14.7. The van der Waals surface area contributed by atoms with Crippen LogP contribution in [0, 0.1) is 0 Å². The number of furan rings is 1. The van der Waals surface area contributed by atoms with Crippen LogP contribution >= 0.6 is 0 Å². The monoisotopic (exact) mass is 319 g/mol. The number of nitrogens with one attached hydrogen (secondary N) is 1. The Morgan fingerprint density at radius 2 is 2.00 bits per heavy atom. The molecule has 24 heavy (non-hydrogen) atoms. The van der Waals surface area contributed by atoms with Gasteiger partial charge in [-0.3, -0.25) is 14.7 Å². The fourth-order valence-electron chi connectivity index (χ4n) is 2.94. The van der Waals surface area contributed by atoms with Crippen LogP contribution in [0.2, 0.25) is 0 Å². The molecule has 0 saturated carbocycles. The van der Waals surface area contributed by atoms with Crippen LogP contribution in [0.3, 0.4) is 0 Å². The summed E-state index contributed by atoms with van der Waals surface area (Å²) in [5.74, 6) is 1.49. The molecule has 1 unspecified atom stereocenters. The van der Waals surface area contributed by atoms with E-state index in [2.05, 4.69) is 27.3 Å². The van der Waals surface area contributed by atoms with E-state index in [1.54, 1.807) is 12.4 Å². The SMILES string of the molecule is O=C1CN(Cc2ccccc2)C(c2ccc(-c3cccnc3)o2)N1. The number of carbonyl (C=O) groups excluding carboxylic acids is 1. The lowest BCUT2D eigenvalue weighted by Gasteiger charge is -2.21. The molecule has 1 saturated heterocycles. The molecule has 2 aromatic heterocycles. The Hall–Kier alpha value is -2.92. The minimum absolute atomic E-state index is 0.00950. The molecule has 5 heteroatoms. The number of aromatic nitrogens is 1. The van der Waals surface area contributed by atoms with Gasteiger partial charge in [0.1, 0.15) is 17.7 Å². The zero-order valence-electron chi connectivity index (χ0n) is 13.1. The number of amides is 1. The first-order valence-electron chi connectivity index (χ1n) is 7.87. The van der Waals surface area contributed by atoms with E-state index in [1.807, 2.05) is 42.5 Å². The van der Waals surface area contributed by atoms with Gasteiger partial charge < -0.3 is 9.73 Å². The lowest BCUT2D eigenvalue weighted by atomic mass is 10.2. The third kappa shape index (κ3) is 2.94. The lowest BCUT2D eigenvalue weighted by Crippen LogP contribution is -2.26. The van der Waals surface area contributed by atoms with Crippen LogP contribution in [0.4, 0.5) is 0 Å². The van der Waals surface area contributed by atoms with Crippen molar-refractivity contribution in [2.45, 2.75) is 12.7 Å². The third-order valence-corrected chi connectivity index (χ3v) is 4.08. The molecule has 1 amide bonds. The third-order valence-electron chi connectivity index (χ3n) is 4.08. The Morgan fingerprint density at radius 1 is 1.12 bits per heavy atom. The molecule has 0 spiro atoms. The summed E-state index contributed by atoms with van der Waals surface area (Å²) in [4.78, 5) is 18.1. The Bertz CT molecular complexity index is 830. The number of nitrogens with zero attached hydrogens (tertiary/aromatic N) is 2. The van der Waals surface area contributed by atoms with E-state index >= 15 is 0 Å². The van der Waals surface area contributed by atoms with E-state index < -0.39 is 0 Å². The van der Waals surface area contributed by atoms with Gasteiger partial charge in [-0.25, -0.2) is 0 Å². The molecular weight excluding hydrogens is 302 g/mol. The Balaban J connectivity index is 1.58. The fraction of sp³-hybridized carbons (Fsp3) is 0.158. The Kier molecular flexibility index (Phi) is 3.84. The average Bonchev–Trinajstić information content (AvgIpc) is 3.23. The first-order valence-corrected chi connectivity index (χ1v) is 7.87. The summed E-state index contributed by atoms with van der Waals surface area (Å²) in [5, 5.41) is 2.98. The second-order valence-electron chi connectivity index (χ2n) is 5.80. The summed E-state index contributed by atoms with van der Waals surface area (Å²) in [5.41, 5.74) is 2.08. The number of pyridine rings is 1. The minimum atomic E-state index is -0.247. The maximum Gasteiger partial charge on any atom is 0.235 e. The summed E-state index contributed by atoms with van der Waals surface area (Å²) >= 11 is 0. The van der Waals surface area contributed by atoms with Gasteiger partial charge in [-0.1, -0.05) is 30.3 Å². The molecule has 3 heterocycles. The molecule has 1 N–H and O–H groups in total. The highest BCUT2D eigenvalue weighted by Crippen LogP contribution is 2.29. The minimum Gasteiger partial charge on any atom is -0.457 e. The molecule has 1 fully saturated rings. The number of rotatable bonds is 4. The predicted octanol–water partition coefficient (Wildman–Crippen LogP) is 2.97. The largest absolute Gasteiger partial charge is 0.457 e. The van der Waals surface area contributed by atoms with E-state index in [1.165, 1.54) is 0 Å².